The van der Waals surface area contributed by atoms with Crippen LogP contribution in [0.25, 0.3) is 0 Å². The third-order valence-electron chi connectivity index (χ3n) is 5.17. The number of hydrazone groups is 1. The summed E-state index contributed by atoms with van der Waals surface area (Å²) in [6.07, 6.45) is -3.32. The molecule has 1 amide bonds. The van der Waals surface area contributed by atoms with Crippen LogP contribution < -0.4 is 14.6 Å². The maximum absolute atomic E-state index is 13.3. The minimum atomic E-state index is -4.69. The molecule has 1 N–H and O–H groups in total. The number of amides is 1. The lowest BCUT2D eigenvalue weighted by Crippen LogP contribution is -2.39. The van der Waals surface area contributed by atoms with Gasteiger partial charge in [-0.15, -0.1) is 0 Å². The van der Waals surface area contributed by atoms with E-state index in [2.05, 4.69) is 10.5 Å². The summed E-state index contributed by atoms with van der Waals surface area (Å²) in [6, 6.07) is 16.8. The van der Waals surface area contributed by atoms with Gasteiger partial charge in [0.1, 0.15) is 6.54 Å². The average Bonchev–Trinajstić information content (AvgIpc) is 2.82. The molecular weight excluding hydrogens is 493 g/mol. The van der Waals surface area contributed by atoms with E-state index in [1.165, 1.54) is 24.4 Å². The lowest BCUT2D eigenvalue weighted by Gasteiger charge is -2.24. The maximum atomic E-state index is 13.3. The molecule has 3 rings (SSSR count). The first-order chi connectivity index (χ1) is 16.9. The van der Waals surface area contributed by atoms with Gasteiger partial charge >= 0.3 is 6.18 Å². The number of rotatable bonds is 8. The van der Waals surface area contributed by atoms with E-state index < -0.39 is 34.2 Å². The van der Waals surface area contributed by atoms with Gasteiger partial charge in [0.15, 0.2) is 0 Å². The number of halogens is 3. The Kier molecular flexibility index (Phi) is 8.03. The standard InChI is InChI=1S/C25H25F3N4O3S/c1-18-7-13-23(14-8-18)36(34,35)32(22-6-4-5-20(15-22)25(26,27)28)17-24(33)30-29-16-19-9-11-21(12-10-19)31(2)3/h4-16H,17H2,1-3H3,(H,30,33)/b29-16-. The van der Waals surface area contributed by atoms with Gasteiger partial charge in [0.2, 0.25) is 0 Å². The zero-order valence-electron chi connectivity index (χ0n) is 19.8. The molecule has 36 heavy (non-hydrogen) atoms. The largest absolute Gasteiger partial charge is 0.416 e. The van der Waals surface area contributed by atoms with Crippen LogP contribution in [-0.4, -0.2) is 41.2 Å². The van der Waals surface area contributed by atoms with E-state index in [-0.39, 0.29) is 10.6 Å². The van der Waals surface area contributed by atoms with Crippen molar-refractivity contribution in [3.05, 3.63) is 89.5 Å². The quantitative estimate of drug-likeness (QED) is 0.354. The van der Waals surface area contributed by atoms with Gasteiger partial charge in [0, 0.05) is 19.8 Å². The first-order valence-electron chi connectivity index (χ1n) is 10.7. The van der Waals surface area contributed by atoms with Crippen molar-refractivity contribution in [2.45, 2.75) is 18.0 Å². The molecule has 0 fully saturated rings. The number of carbonyl (C=O) groups is 1. The van der Waals surface area contributed by atoms with Crippen molar-refractivity contribution >= 4 is 33.5 Å². The van der Waals surface area contributed by atoms with Gasteiger partial charge in [-0.1, -0.05) is 35.9 Å². The summed E-state index contributed by atoms with van der Waals surface area (Å²) in [4.78, 5) is 14.4. The number of benzene rings is 3. The van der Waals surface area contributed by atoms with Crippen LogP contribution in [0, 0.1) is 6.92 Å². The molecule has 0 spiro atoms. The highest BCUT2D eigenvalue weighted by Crippen LogP contribution is 2.33. The van der Waals surface area contributed by atoms with Crippen LogP contribution >= 0.6 is 0 Å². The topological polar surface area (TPSA) is 82.1 Å². The molecular formula is C25H25F3N4O3S. The molecule has 0 radical (unpaired) electrons. The number of anilines is 2. The highest BCUT2D eigenvalue weighted by molar-refractivity contribution is 7.92. The summed E-state index contributed by atoms with van der Waals surface area (Å²) in [7, 11) is -0.584. The van der Waals surface area contributed by atoms with Crippen LogP contribution in [0.15, 0.2) is 82.8 Å². The molecule has 0 saturated carbocycles. The van der Waals surface area contributed by atoms with Crippen molar-refractivity contribution in [2.24, 2.45) is 5.10 Å². The Bertz CT molecular complexity index is 1340. The summed E-state index contributed by atoms with van der Waals surface area (Å²) >= 11 is 0. The third-order valence-corrected chi connectivity index (χ3v) is 6.96. The first-order valence-corrected chi connectivity index (χ1v) is 12.2. The Morgan fingerprint density at radius 3 is 2.19 bits per heavy atom. The Hall–Kier alpha value is -3.86. The predicted molar refractivity (Wildman–Crippen MR) is 134 cm³/mol. The fourth-order valence-electron chi connectivity index (χ4n) is 3.19. The second-order valence-corrected chi connectivity index (χ2v) is 10.0. The van der Waals surface area contributed by atoms with Crippen molar-refractivity contribution in [2.75, 3.05) is 29.8 Å². The number of hydrogen-bond acceptors (Lipinski definition) is 5. The number of sulfonamides is 1. The molecule has 190 valence electrons. The van der Waals surface area contributed by atoms with E-state index in [4.69, 9.17) is 0 Å². The highest BCUT2D eigenvalue weighted by atomic mass is 32.2. The molecule has 7 nitrogen and oxygen atoms in total. The zero-order valence-corrected chi connectivity index (χ0v) is 20.6. The Balaban J connectivity index is 1.87. The molecule has 11 heteroatoms. The first kappa shape index (κ1) is 26.7. The van der Waals surface area contributed by atoms with Gasteiger partial charge < -0.3 is 4.90 Å². The summed E-state index contributed by atoms with van der Waals surface area (Å²) < 4.78 is 67.2. The lowest BCUT2D eigenvalue weighted by atomic mass is 10.2. The second-order valence-electron chi connectivity index (χ2n) is 8.15. The molecule has 0 heterocycles. The average molecular weight is 519 g/mol. The van der Waals surface area contributed by atoms with Gasteiger partial charge in [-0.05, 0) is 55.0 Å². The van der Waals surface area contributed by atoms with E-state index in [0.717, 1.165) is 23.4 Å². The van der Waals surface area contributed by atoms with Crippen molar-refractivity contribution < 1.29 is 26.4 Å². The molecule has 0 aliphatic carbocycles. The van der Waals surface area contributed by atoms with Crippen molar-refractivity contribution in [3.8, 4) is 0 Å². The smallest absolute Gasteiger partial charge is 0.378 e. The normalized spacial score (nSPS) is 11.9. The SMILES string of the molecule is Cc1ccc(S(=O)(=O)N(CC(=O)N/N=C\c2ccc(N(C)C)cc2)c2cccc(C(F)(F)F)c2)cc1. The predicted octanol–water partition coefficient (Wildman–Crippen LogP) is 4.43. The molecule has 3 aromatic rings. The number of alkyl halides is 3. The van der Waals surface area contributed by atoms with E-state index >= 15 is 0 Å². The minimum Gasteiger partial charge on any atom is -0.378 e. The van der Waals surface area contributed by atoms with E-state index in [0.29, 0.717) is 15.9 Å². The molecule has 0 aliphatic rings. The van der Waals surface area contributed by atoms with Gasteiger partial charge in [0.25, 0.3) is 15.9 Å². The molecule has 0 bridgehead atoms. The molecule has 0 unspecified atom stereocenters. The maximum Gasteiger partial charge on any atom is 0.416 e. The Morgan fingerprint density at radius 2 is 1.61 bits per heavy atom. The Morgan fingerprint density at radius 1 is 0.972 bits per heavy atom. The van der Waals surface area contributed by atoms with E-state index in [1.807, 2.05) is 31.1 Å². The van der Waals surface area contributed by atoms with Crippen LogP contribution in [0.3, 0.4) is 0 Å². The van der Waals surface area contributed by atoms with E-state index in [9.17, 15) is 26.4 Å². The van der Waals surface area contributed by atoms with Gasteiger partial charge in [-0.3, -0.25) is 9.10 Å². The zero-order chi connectivity index (χ0) is 26.5. The summed E-state index contributed by atoms with van der Waals surface area (Å²) in [6.45, 7) is 0.981. The Labute approximate surface area is 207 Å². The summed E-state index contributed by atoms with van der Waals surface area (Å²) in [5, 5.41) is 3.85. The number of hydrogen-bond donors (Lipinski definition) is 1. The number of nitrogens with zero attached hydrogens (tertiary/aromatic N) is 3. The van der Waals surface area contributed by atoms with Crippen LogP contribution in [0.2, 0.25) is 0 Å². The van der Waals surface area contributed by atoms with Crippen LogP contribution in [0.5, 0.6) is 0 Å². The third kappa shape index (κ3) is 6.63. The molecule has 0 atom stereocenters. The van der Waals surface area contributed by atoms with Crippen LogP contribution in [0.1, 0.15) is 16.7 Å². The fourth-order valence-corrected chi connectivity index (χ4v) is 4.61. The summed E-state index contributed by atoms with van der Waals surface area (Å²) in [5.74, 6) is -0.829. The second kappa shape index (κ2) is 10.8. The molecule has 0 aliphatic heterocycles. The molecule has 0 aromatic heterocycles. The van der Waals surface area contributed by atoms with Gasteiger partial charge in [-0.25, -0.2) is 13.8 Å². The van der Waals surface area contributed by atoms with E-state index in [1.54, 1.807) is 31.2 Å². The highest BCUT2D eigenvalue weighted by Gasteiger charge is 2.33. The molecule has 3 aromatic carbocycles. The number of aryl methyl sites for hydroxylation is 1. The lowest BCUT2D eigenvalue weighted by molar-refractivity contribution is -0.137. The van der Waals surface area contributed by atoms with Crippen molar-refractivity contribution in [3.63, 3.8) is 0 Å². The van der Waals surface area contributed by atoms with Crippen LogP contribution in [-0.2, 0) is 21.0 Å². The minimum absolute atomic E-state index is 0.164. The fraction of sp³-hybridized carbons (Fsp3) is 0.200. The summed E-state index contributed by atoms with van der Waals surface area (Å²) in [5.41, 5.74) is 3.34. The van der Waals surface area contributed by atoms with Crippen molar-refractivity contribution in [1.82, 2.24) is 5.43 Å². The van der Waals surface area contributed by atoms with Crippen LogP contribution in [0.4, 0.5) is 24.5 Å². The number of carbonyl (C=O) groups excluding carboxylic acids is 1. The van der Waals surface area contributed by atoms with Gasteiger partial charge in [0.05, 0.1) is 22.4 Å². The number of nitrogens with one attached hydrogen (secondary N) is 1. The monoisotopic (exact) mass is 518 g/mol. The molecule has 0 saturated heterocycles. The van der Waals surface area contributed by atoms with Crippen molar-refractivity contribution in [1.29, 1.82) is 0 Å². The van der Waals surface area contributed by atoms with Gasteiger partial charge in [-0.2, -0.15) is 18.3 Å².